The third kappa shape index (κ3) is 10.6. The Hall–Kier alpha value is -6.52. The zero-order chi connectivity index (χ0) is 59.5. The van der Waals surface area contributed by atoms with E-state index in [2.05, 4.69) is 65.7 Å². The predicted molar refractivity (Wildman–Crippen MR) is 288 cm³/mol. The lowest BCUT2D eigenvalue weighted by molar-refractivity contribution is -0.661. The van der Waals surface area contributed by atoms with Gasteiger partial charge in [-0.15, -0.1) is 0 Å². The van der Waals surface area contributed by atoms with Crippen molar-refractivity contribution in [3.05, 3.63) is 213 Å². The zero-order valence-electron chi connectivity index (χ0n) is 54.3. The summed E-state index contributed by atoms with van der Waals surface area (Å²) in [5, 5.41) is 0. The van der Waals surface area contributed by atoms with Crippen LogP contribution in [0.25, 0.3) is 45.0 Å². The summed E-state index contributed by atoms with van der Waals surface area (Å²) in [4.78, 5) is 0. The summed E-state index contributed by atoms with van der Waals surface area (Å²) in [6.45, 7) is 8.19. The lowest BCUT2D eigenvalue weighted by Gasteiger charge is -2.17. The van der Waals surface area contributed by atoms with E-state index in [1.165, 1.54) is 22.3 Å². The maximum atomic E-state index is 8.43. The molecule has 0 radical (unpaired) electrons. The summed E-state index contributed by atoms with van der Waals surface area (Å²) >= 11 is 0. The second kappa shape index (κ2) is 22.1. The van der Waals surface area contributed by atoms with E-state index < -0.39 is 38.2 Å². The van der Waals surface area contributed by atoms with E-state index in [1.54, 1.807) is 12.1 Å². The second-order valence-electron chi connectivity index (χ2n) is 18.9. The Kier molecular flexibility index (Phi) is 11.2. The standard InChI is InChI=1S/2C17H20N.2C16H18N/c1-13-7-3-6-10-16(13)17-11-14-8-4-5-9-15(14)12-18(17)2;1-13-7-3-5-9-15(13)17-16-10-6-4-8-14(16)11-12-18(17)2;1-12-6-3-4-9-15(12)16-10-13-7-5-8-14(13)11-17(16)2;1-12-6-3-4-8-14(12)16-15-9-5-7-13(15)10-11-17(16)2/h3,6-7,10-12H,4-5,8-9H2,1-2H3;3,5,7,9,11-12H,4,6,8,10H2,1-2H3;3-4,6,9-11H,5,7-8H2,1-2H3;3-4,6,8,10-11H,5,7,9H2,1-2H3/q4*+1/i8D2;8D2,10D2;7D2;7D2,9D2. The molecule has 0 unspecified atom stereocenters. The van der Waals surface area contributed by atoms with E-state index in [-0.39, 0.29) is 19.3 Å². The van der Waals surface area contributed by atoms with Crippen molar-refractivity contribution in [3.63, 3.8) is 0 Å². The third-order valence-electron chi connectivity index (χ3n) is 13.9. The van der Waals surface area contributed by atoms with Gasteiger partial charge in [0.2, 0.25) is 22.8 Å². The summed E-state index contributed by atoms with van der Waals surface area (Å²) in [6.07, 6.45) is 3.47. The number of rotatable bonds is 4. The lowest BCUT2D eigenvalue weighted by atomic mass is 9.88. The number of pyridine rings is 4. The van der Waals surface area contributed by atoms with Crippen LogP contribution in [0.2, 0.25) is 0 Å². The highest BCUT2D eigenvalue weighted by Crippen LogP contribution is 2.33. The Morgan fingerprint density at radius 3 is 1.17 bits per heavy atom. The fourth-order valence-corrected chi connectivity index (χ4v) is 10.1. The Morgan fingerprint density at radius 2 is 0.700 bits per heavy atom. The van der Waals surface area contributed by atoms with E-state index in [1.807, 2.05) is 142 Å². The SMILES string of the molecule is [2H]C1([2H])CC([2H])([2H])c2c1cc[n+](C)c2-c1ccccc1C.[2H]C1([2H])CCC([2H])([2H])c2c1cc[n+](C)c2-c1ccccc1C.[2H]C1([2H])CCCc2c[n+](C)c(-c3ccccc3C)cc21.[2H]C1([2H])CCc2c[n+](C)c(-c3ccccc3C)cc21. The number of fused-ring (bicyclic) bond motifs is 4. The maximum Gasteiger partial charge on any atom is 0.216 e. The van der Waals surface area contributed by atoms with Gasteiger partial charge in [-0.1, -0.05) is 72.8 Å². The molecule has 4 aliphatic carbocycles. The first kappa shape index (κ1) is 35.6. The van der Waals surface area contributed by atoms with Crippen molar-refractivity contribution in [1.29, 1.82) is 0 Å². The molecule has 0 atom stereocenters. The average molecular weight is 937 g/mol. The molecular weight excluding hydrogens is 849 g/mol. The van der Waals surface area contributed by atoms with Crippen molar-refractivity contribution >= 4 is 0 Å². The smallest absolute Gasteiger partial charge is 0.201 e. The first-order valence-electron chi connectivity index (χ1n) is 30.8. The Balaban J connectivity index is 0.000000132. The summed E-state index contributed by atoms with van der Waals surface area (Å²) < 4.78 is 107. The summed E-state index contributed by atoms with van der Waals surface area (Å²) in [5.74, 6) is 0. The first-order chi connectivity index (χ1) is 38.5. The van der Waals surface area contributed by atoms with Crippen LogP contribution in [0.3, 0.4) is 0 Å². The molecule has 4 heteroatoms. The predicted octanol–water partition coefficient (Wildman–Crippen LogP) is 12.7. The van der Waals surface area contributed by atoms with Crippen molar-refractivity contribution in [2.75, 3.05) is 0 Å². The highest BCUT2D eigenvalue weighted by atomic mass is 14.9. The van der Waals surface area contributed by atoms with Gasteiger partial charge in [0.25, 0.3) is 0 Å². The largest absolute Gasteiger partial charge is 0.216 e. The zero-order valence-corrected chi connectivity index (χ0v) is 42.3. The highest BCUT2D eigenvalue weighted by Gasteiger charge is 2.26. The van der Waals surface area contributed by atoms with Gasteiger partial charge < -0.3 is 0 Å². The van der Waals surface area contributed by atoms with Crippen LogP contribution in [-0.4, -0.2) is 0 Å². The molecule has 70 heavy (non-hydrogen) atoms. The fourth-order valence-electron chi connectivity index (χ4n) is 10.1. The van der Waals surface area contributed by atoms with E-state index in [4.69, 9.17) is 16.4 Å². The molecule has 0 spiro atoms. The number of hydrogen-bond donors (Lipinski definition) is 0. The van der Waals surface area contributed by atoms with E-state index in [0.717, 1.165) is 86.5 Å². The molecule has 8 aromatic rings. The highest BCUT2D eigenvalue weighted by molar-refractivity contribution is 5.67. The number of hydrogen-bond acceptors (Lipinski definition) is 0. The van der Waals surface area contributed by atoms with Crippen LogP contribution in [0.1, 0.15) is 122 Å². The monoisotopic (exact) mass is 937 g/mol. The summed E-state index contributed by atoms with van der Waals surface area (Å²) in [6, 6.07) is 39.8. The van der Waals surface area contributed by atoms with Gasteiger partial charge in [0.05, 0.1) is 0 Å². The molecule has 0 saturated carbocycles. The molecule has 4 heterocycles. The first-order valence-corrected chi connectivity index (χ1v) is 24.8. The minimum absolute atomic E-state index is 0.127. The molecule has 0 N–H and O–H groups in total. The second-order valence-corrected chi connectivity index (χ2v) is 18.9. The van der Waals surface area contributed by atoms with Crippen LogP contribution in [-0.2, 0) is 79.3 Å². The molecule has 4 aromatic heterocycles. The maximum absolute atomic E-state index is 8.43. The number of aromatic nitrogens is 4. The minimum atomic E-state index is -1.66. The molecule has 356 valence electrons. The molecule has 0 amide bonds. The van der Waals surface area contributed by atoms with E-state index in [0.29, 0.717) is 35.1 Å². The number of benzene rings is 4. The van der Waals surface area contributed by atoms with Crippen molar-refractivity contribution in [2.45, 2.75) is 117 Å². The summed E-state index contributed by atoms with van der Waals surface area (Å²) in [7, 11) is 7.86. The molecule has 0 fully saturated rings. The Morgan fingerprint density at radius 1 is 0.343 bits per heavy atom. The minimum Gasteiger partial charge on any atom is -0.201 e. The van der Waals surface area contributed by atoms with Gasteiger partial charge in [0.1, 0.15) is 28.2 Å². The van der Waals surface area contributed by atoms with Gasteiger partial charge in [0.15, 0.2) is 24.8 Å². The van der Waals surface area contributed by atoms with Crippen LogP contribution in [0, 0.1) is 27.7 Å². The topological polar surface area (TPSA) is 15.5 Å². The number of nitrogens with zero attached hydrogens (tertiary/aromatic N) is 4. The average Bonchev–Trinajstić information content (AvgIpc) is 2.46. The van der Waals surface area contributed by atoms with Gasteiger partial charge in [-0.3, -0.25) is 0 Å². The molecular formula is C66H76N4+4. The fraction of sp³-hybridized carbons (Fsp3) is 0.333. The van der Waals surface area contributed by atoms with Gasteiger partial charge in [-0.2, -0.15) is 0 Å². The van der Waals surface area contributed by atoms with Crippen LogP contribution in [0.5, 0.6) is 0 Å². The van der Waals surface area contributed by atoms with E-state index >= 15 is 0 Å². The third-order valence-corrected chi connectivity index (χ3v) is 13.9. The number of aryl methyl sites for hydroxylation is 14. The quantitative estimate of drug-likeness (QED) is 0.156. The van der Waals surface area contributed by atoms with Crippen molar-refractivity contribution in [1.82, 2.24) is 0 Å². The van der Waals surface area contributed by atoms with Gasteiger partial charge in [-0.05, 0) is 186 Å². The van der Waals surface area contributed by atoms with Crippen LogP contribution >= 0.6 is 0 Å². The molecule has 4 aliphatic rings. The van der Waals surface area contributed by atoms with Crippen LogP contribution < -0.4 is 18.3 Å². The van der Waals surface area contributed by atoms with Crippen LogP contribution in [0.15, 0.2) is 146 Å². The van der Waals surface area contributed by atoms with Crippen molar-refractivity contribution in [3.8, 4) is 45.0 Å². The van der Waals surface area contributed by atoms with E-state index in [9.17, 15) is 0 Å². The van der Waals surface area contributed by atoms with Crippen LogP contribution in [0.4, 0.5) is 0 Å². The van der Waals surface area contributed by atoms with Gasteiger partial charge in [-0.25, -0.2) is 18.3 Å². The Bertz CT molecular complexity index is 3740. The van der Waals surface area contributed by atoms with Gasteiger partial charge >= 0.3 is 0 Å². The molecule has 0 saturated heterocycles. The van der Waals surface area contributed by atoms with Crippen molar-refractivity contribution in [2.24, 2.45) is 28.2 Å². The molecule has 12 rings (SSSR count). The molecule has 4 nitrogen and oxygen atoms in total. The molecule has 0 aliphatic heterocycles. The van der Waals surface area contributed by atoms with Crippen molar-refractivity contribution < 1.29 is 34.7 Å². The normalized spacial score (nSPS) is 20.9. The summed E-state index contributed by atoms with van der Waals surface area (Å²) in [5.41, 5.74) is 18.6. The molecule has 0 bridgehead atoms. The van der Waals surface area contributed by atoms with Gasteiger partial charge in [0, 0.05) is 85.2 Å². The lowest BCUT2D eigenvalue weighted by Crippen LogP contribution is -2.33. The molecule has 4 aromatic carbocycles. The Labute approximate surface area is 436 Å².